The summed E-state index contributed by atoms with van der Waals surface area (Å²) in [6.45, 7) is 2.10. The normalized spacial score (nSPS) is 11.1. The Morgan fingerprint density at radius 1 is 1.00 bits per heavy atom. The molecular formula is C14H13N2+. The van der Waals surface area contributed by atoms with Gasteiger partial charge in [-0.15, -0.1) is 0 Å². The van der Waals surface area contributed by atoms with E-state index < -0.39 is 0 Å². The first-order valence-electron chi connectivity index (χ1n) is 5.40. The highest BCUT2D eigenvalue weighted by atomic mass is 15.2. The van der Waals surface area contributed by atoms with Crippen LogP contribution in [0.25, 0.3) is 21.5 Å². The fourth-order valence-corrected chi connectivity index (χ4v) is 2.09. The molecule has 0 aliphatic heterocycles. The topological polar surface area (TPSA) is 16.8 Å². The van der Waals surface area contributed by atoms with Gasteiger partial charge in [0.05, 0.1) is 5.39 Å². The van der Waals surface area contributed by atoms with Crippen molar-refractivity contribution in [2.24, 2.45) is 7.05 Å². The van der Waals surface area contributed by atoms with Gasteiger partial charge in [-0.25, -0.2) is 0 Å². The smallest absolute Gasteiger partial charge is 0.0909 e. The van der Waals surface area contributed by atoms with Gasteiger partial charge in [-0.1, -0.05) is 28.9 Å². The molecule has 0 unspecified atom stereocenters. The zero-order chi connectivity index (χ0) is 11.1. The minimum absolute atomic E-state index is 1.20. The Labute approximate surface area is 94.1 Å². The van der Waals surface area contributed by atoms with Gasteiger partial charge >= 0.3 is 0 Å². The zero-order valence-corrected chi connectivity index (χ0v) is 9.44. The lowest BCUT2D eigenvalue weighted by atomic mass is 10.0. The van der Waals surface area contributed by atoms with Gasteiger partial charge in [0.1, 0.15) is 6.20 Å². The van der Waals surface area contributed by atoms with Crippen LogP contribution in [0.1, 0.15) is 5.69 Å². The predicted octanol–water partition coefficient (Wildman–Crippen LogP) is 2.52. The number of aromatic nitrogens is 2. The van der Waals surface area contributed by atoms with Gasteiger partial charge in [0.2, 0.25) is 5.69 Å². The van der Waals surface area contributed by atoms with Crippen LogP contribution in [-0.4, -0.2) is 5.10 Å². The molecule has 0 radical (unpaired) electrons. The molecule has 0 aliphatic rings. The monoisotopic (exact) mass is 209 g/mol. The molecule has 0 bridgehead atoms. The number of hydrogen-bond acceptors (Lipinski definition) is 1. The third kappa shape index (κ3) is 1.27. The minimum atomic E-state index is 1.20. The molecule has 1 heterocycles. The molecule has 1 aromatic heterocycles. The molecule has 2 aromatic carbocycles. The number of benzene rings is 2. The van der Waals surface area contributed by atoms with Crippen molar-refractivity contribution >= 4 is 21.5 Å². The molecule has 2 nitrogen and oxygen atoms in total. The summed E-state index contributed by atoms with van der Waals surface area (Å²) in [5.74, 6) is 0. The van der Waals surface area contributed by atoms with Crippen molar-refractivity contribution in [2.75, 3.05) is 0 Å². The summed E-state index contributed by atoms with van der Waals surface area (Å²) in [6, 6.07) is 12.9. The molecule has 0 saturated carbocycles. The molecule has 0 spiro atoms. The van der Waals surface area contributed by atoms with Crippen LogP contribution in [0, 0.1) is 6.92 Å². The van der Waals surface area contributed by atoms with Crippen LogP contribution in [0.4, 0.5) is 0 Å². The van der Waals surface area contributed by atoms with Crippen LogP contribution in [0.5, 0.6) is 0 Å². The van der Waals surface area contributed by atoms with E-state index in [2.05, 4.69) is 48.4 Å². The van der Waals surface area contributed by atoms with Crippen LogP contribution in [0.3, 0.4) is 0 Å². The average Bonchev–Trinajstić information content (AvgIpc) is 2.32. The Hall–Kier alpha value is -1.96. The third-order valence-electron chi connectivity index (χ3n) is 3.16. The van der Waals surface area contributed by atoms with Gasteiger partial charge in [0.25, 0.3) is 0 Å². The molecule has 0 aliphatic carbocycles. The van der Waals surface area contributed by atoms with Gasteiger partial charge in [-0.2, -0.15) is 0 Å². The molecule has 16 heavy (non-hydrogen) atoms. The number of rotatable bonds is 0. The van der Waals surface area contributed by atoms with Crippen molar-refractivity contribution in [1.82, 2.24) is 5.10 Å². The summed E-state index contributed by atoms with van der Waals surface area (Å²) in [6.07, 6.45) is 1.93. The summed E-state index contributed by atoms with van der Waals surface area (Å²) in [4.78, 5) is 0. The van der Waals surface area contributed by atoms with E-state index in [1.807, 2.05) is 17.9 Å². The first-order valence-corrected chi connectivity index (χ1v) is 5.40. The Morgan fingerprint density at radius 3 is 2.44 bits per heavy atom. The number of hydrogen-bond donors (Lipinski definition) is 0. The van der Waals surface area contributed by atoms with Crippen molar-refractivity contribution in [2.45, 2.75) is 6.92 Å². The van der Waals surface area contributed by atoms with E-state index in [1.54, 1.807) is 0 Å². The molecular weight excluding hydrogens is 196 g/mol. The molecule has 0 amide bonds. The minimum Gasteiger partial charge on any atom is -0.0909 e. The van der Waals surface area contributed by atoms with E-state index in [9.17, 15) is 0 Å². The maximum atomic E-state index is 4.33. The van der Waals surface area contributed by atoms with Crippen molar-refractivity contribution in [3.63, 3.8) is 0 Å². The highest BCUT2D eigenvalue weighted by Gasteiger charge is 2.08. The number of fused-ring (bicyclic) bond motifs is 2. The lowest BCUT2D eigenvalue weighted by Crippen LogP contribution is -2.36. The van der Waals surface area contributed by atoms with Crippen molar-refractivity contribution in [3.05, 3.63) is 48.3 Å². The summed E-state index contributed by atoms with van der Waals surface area (Å²) >= 11 is 0. The summed E-state index contributed by atoms with van der Waals surface area (Å²) in [5.41, 5.74) is 1.20. The van der Waals surface area contributed by atoms with Crippen molar-refractivity contribution < 1.29 is 4.68 Å². The standard InChI is InChI=1S/C14H13N2/c1-10-14-8-12-6-4-3-5-11(12)7-13(14)9-15-16(10)2/h3-9H,1-2H3/q+1. The number of nitrogens with zero attached hydrogens (tertiary/aromatic N) is 2. The fourth-order valence-electron chi connectivity index (χ4n) is 2.09. The maximum absolute atomic E-state index is 4.33. The van der Waals surface area contributed by atoms with Crippen LogP contribution in [0.15, 0.2) is 42.6 Å². The van der Waals surface area contributed by atoms with Crippen molar-refractivity contribution in [1.29, 1.82) is 0 Å². The van der Waals surface area contributed by atoms with E-state index in [0.717, 1.165) is 0 Å². The molecule has 78 valence electrons. The lowest BCUT2D eigenvalue weighted by Gasteiger charge is -2.02. The number of aryl methyl sites for hydroxylation is 2. The van der Waals surface area contributed by atoms with Gasteiger partial charge in [-0.05, 0) is 28.0 Å². The lowest BCUT2D eigenvalue weighted by molar-refractivity contribution is -0.735. The predicted molar refractivity (Wildman–Crippen MR) is 65.2 cm³/mol. The molecule has 3 rings (SSSR count). The summed E-state index contributed by atoms with van der Waals surface area (Å²) in [5, 5.41) is 9.36. The molecule has 0 fully saturated rings. The molecule has 0 N–H and O–H groups in total. The van der Waals surface area contributed by atoms with Gasteiger partial charge in [0.15, 0.2) is 7.05 Å². The van der Waals surface area contributed by atoms with E-state index >= 15 is 0 Å². The summed E-state index contributed by atoms with van der Waals surface area (Å²) < 4.78 is 1.91. The SMILES string of the molecule is Cc1c2cc3ccccc3cc2cn[n+]1C. The quantitative estimate of drug-likeness (QED) is 0.410. The second-order valence-corrected chi connectivity index (χ2v) is 4.14. The van der Waals surface area contributed by atoms with Gasteiger partial charge in [-0.3, -0.25) is 0 Å². The van der Waals surface area contributed by atoms with E-state index in [-0.39, 0.29) is 0 Å². The van der Waals surface area contributed by atoms with E-state index in [1.165, 1.54) is 27.2 Å². The highest BCUT2D eigenvalue weighted by Crippen LogP contribution is 2.22. The highest BCUT2D eigenvalue weighted by molar-refractivity contribution is 5.98. The van der Waals surface area contributed by atoms with E-state index in [4.69, 9.17) is 0 Å². The van der Waals surface area contributed by atoms with E-state index in [0.29, 0.717) is 0 Å². The second kappa shape index (κ2) is 3.27. The van der Waals surface area contributed by atoms with Crippen LogP contribution in [-0.2, 0) is 7.05 Å². The molecule has 0 atom stereocenters. The molecule has 2 heteroatoms. The zero-order valence-electron chi connectivity index (χ0n) is 9.44. The van der Waals surface area contributed by atoms with Gasteiger partial charge in [0, 0.05) is 12.3 Å². The average molecular weight is 209 g/mol. The first kappa shape index (κ1) is 9.28. The Kier molecular flexibility index (Phi) is 1.90. The van der Waals surface area contributed by atoms with Crippen LogP contribution < -0.4 is 4.68 Å². The molecule has 3 aromatic rings. The van der Waals surface area contributed by atoms with Crippen LogP contribution >= 0.6 is 0 Å². The summed E-state index contributed by atoms with van der Waals surface area (Å²) in [7, 11) is 1.98. The first-order chi connectivity index (χ1) is 7.75. The molecule has 0 saturated heterocycles. The fraction of sp³-hybridized carbons (Fsp3) is 0.143. The maximum Gasteiger partial charge on any atom is 0.212 e. The van der Waals surface area contributed by atoms with Crippen LogP contribution in [0.2, 0.25) is 0 Å². The second-order valence-electron chi connectivity index (χ2n) is 4.14. The Morgan fingerprint density at radius 2 is 1.69 bits per heavy atom. The largest absolute Gasteiger partial charge is 0.212 e. The van der Waals surface area contributed by atoms with Gasteiger partial charge < -0.3 is 0 Å². The van der Waals surface area contributed by atoms with Crippen molar-refractivity contribution in [3.8, 4) is 0 Å². The third-order valence-corrected chi connectivity index (χ3v) is 3.16. The Bertz CT molecular complexity index is 687. The Balaban J connectivity index is 2.51.